The Kier molecular flexibility index (Phi) is 5.85. The molecule has 4 aromatic carbocycles. The molecule has 0 saturated carbocycles. The van der Waals surface area contributed by atoms with Crippen molar-refractivity contribution >= 4 is 57.8 Å². The van der Waals surface area contributed by atoms with Gasteiger partial charge in [-0.1, -0.05) is 66.1 Å². The molecule has 0 spiro atoms. The van der Waals surface area contributed by atoms with E-state index in [9.17, 15) is 5.11 Å². The number of benzene rings is 4. The van der Waals surface area contributed by atoms with Crippen LogP contribution in [-0.4, -0.2) is 42.1 Å². The molecule has 1 heterocycles. The van der Waals surface area contributed by atoms with Gasteiger partial charge in [0.2, 0.25) is 0 Å². The number of hydrogen-bond donors (Lipinski definition) is 1. The van der Waals surface area contributed by atoms with Gasteiger partial charge in [-0.3, -0.25) is 0 Å². The highest BCUT2D eigenvalue weighted by atomic mass is 16.7. The van der Waals surface area contributed by atoms with Crippen molar-refractivity contribution in [3.63, 3.8) is 0 Å². The summed E-state index contributed by atoms with van der Waals surface area (Å²) in [4.78, 5) is 0. The Morgan fingerprint density at radius 3 is 1.78 bits per heavy atom. The van der Waals surface area contributed by atoms with E-state index in [1.807, 2.05) is 13.8 Å². The molecule has 4 aromatic rings. The van der Waals surface area contributed by atoms with Gasteiger partial charge in [0, 0.05) is 0 Å². The molecule has 0 amide bonds. The fourth-order valence-electron chi connectivity index (χ4n) is 4.61. The van der Waals surface area contributed by atoms with Crippen LogP contribution in [0.3, 0.4) is 0 Å². The van der Waals surface area contributed by atoms with Crippen molar-refractivity contribution in [3.05, 3.63) is 60.7 Å². The van der Waals surface area contributed by atoms with Crippen molar-refractivity contribution in [2.45, 2.75) is 77.8 Å². The Bertz CT molecular complexity index is 1450. The van der Waals surface area contributed by atoms with Gasteiger partial charge < -0.3 is 19.1 Å². The highest BCUT2D eigenvalue weighted by molar-refractivity contribution is 6.62. The van der Waals surface area contributed by atoms with E-state index < -0.39 is 11.2 Å². The second-order valence-corrected chi connectivity index (χ2v) is 12.2. The maximum Gasteiger partial charge on any atom is 0.494 e. The third-order valence-corrected chi connectivity index (χ3v) is 8.52. The molecule has 0 bridgehead atoms. The molecule has 0 unspecified atom stereocenters. The van der Waals surface area contributed by atoms with E-state index in [1.165, 1.54) is 32.3 Å². The van der Waals surface area contributed by atoms with Crippen LogP contribution in [0.1, 0.15) is 55.4 Å². The molecule has 0 radical (unpaired) electrons. The minimum atomic E-state index is -0.927. The van der Waals surface area contributed by atoms with Crippen LogP contribution in [0.25, 0.3) is 32.3 Å². The topological polar surface area (TPSA) is 47.9 Å². The number of hydrogen-bond acceptors (Lipinski definition) is 4. The first-order valence-corrected chi connectivity index (χ1v) is 12.8. The van der Waals surface area contributed by atoms with Crippen molar-refractivity contribution in [2.24, 2.45) is 0 Å². The van der Waals surface area contributed by atoms with Gasteiger partial charge in [-0.15, -0.1) is 0 Å². The van der Waals surface area contributed by atoms with E-state index in [2.05, 4.69) is 88.4 Å². The fraction of sp³-hybridized carbons (Fsp3) is 0.400. The summed E-state index contributed by atoms with van der Waals surface area (Å²) in [5.74, 6) is 0. The Hall–Kier alpha value is -2.37. The minimum Gasteiger partial charge on any atom is -0.427 e. The van der Waals surface area contributed by atoms with Crippen LogP contribution in [0.4, 0.5) is 0 Å². The molecule has 186 valence electrons. The molecule has 0 aromatic heterocycles. The van der Waals surface area contributed by atoms with E-state index in [-0.39, 0.29) is 18.3 Å². The lowest BCUT2D eigenvalue weighted by atomic mass is 9.78. The lowest BCUT2D eigenvalue weighted by Gasteiger charge is -2.37. The lowest BCUT2D eigenvalue weighted by molar-refractivity contribution is -0.0893. The molecule has 1 N–H and O–H groups in total. The van der Waals surface area contributed by atoms with Crippen LogP contribution in [-0.2, 0) is 14.0 Å². The molecule has 1 aliphatic rings. The van der Waals surface area contributed by atoms with Crippen LogP contribution in [0.15, 0.2) is 60.7 Å². The van der Waals surface area contributed by atoms with Crippen molar-refractivity contribution in [1.82, 2.24) is 0 Å². The van der Waals surface area contributed by atoms with Crippen molar-refractivity contribution in [2.75, 3.05) is 0 Å². The second-order valence-electron chi connectivity index (χ2n) is 12.2. The molecular weight excluding hydrogens is 446 g/mol. The van der Waals surface area contributed by atoms with Gasteiger partial charge >= 0.3 is 14.6 Å². The van der Waals surface area contributed by atoms with Crippen molar-refractivity contribution < 1.29 is 19.1 Å². The van der Waals surface area contributed by atoms with Gasteiger partial charge in [0.05, 0.1) is 22.4 Å². The molecule has 1 fully saturated rings. The van der Waals surface area contributed by atoms with Gasteiger partial charge in [-0.2, -0.15) is 0 Å². The third-order valence-electron chi connectivity index (χ3n) is 8.52. The van der Waals surface area contributed by atoms with Gasteiger partial charge in [-0.25, -0.2) is 0 Å². The first kappa shape index (κ1) is 25.3. The Balaban J connectivity index is 1.47. The number of rotatable bonds is 5. The molecule has 4 nitrogen and oxygen atoms in total. The van der Waals surface area contributed by atoms with Crippen molar-refractivity contribution in [3.8, 4) is 0 Å². The molecule has 1 aliphatic heterocycles. The quantitative estimate of drug-likeness (QED) is 0.322. The summed E-state index contributed by atoms with van der Waals surface area (Å²) in [6.07, 6.45) is 0. The third kappa shape index (κ3) is 4.24. The summed E-state index contributed by atoms with van der Waals surface area (Å²) in [7, 11) is 0.0819. The first-order chi connectivity index (χ1) is 16.7. The zero-order chi connectivity index (χ0) is 26.1. The summed E-state index contributed by atoms with van der Waals surface area (Å²) in [5, 5.41) is 17.6. The molecule has 0 atom stereocenters. The van der Waals surface area contributed by atoms with Gasteiger partial charge in [-0.05, 0) is 93.2 Å². The molecule has 6 heteroatoms. The Morgan fingerprint density at radius 1 is 0.722 bits per heavy atom. The fourth-order valence-corrected chi connectivity index (χ4v) is 4.61. The normalized spacial score (nSPS) is 17.9. The maximum absolute atomic E-state index is 10.4. The standard InChI is InChI=1S/C30H36B2O4/c1-27(2,33)28(3,4)34-31-21-11-15-23-19(17-21)9-13-26-24-16-12-22(18-20(24)10-14-25(23)26)32-35-29(5,6)30(7,8)36-32/h9-18,31,33H,1-8H3. The zero-order valence-electron chi connectivity index (χ0n) is 22.7. The largest absolute Gasteiger partial charge is 0.494 e. The van der Waals surface area contributed by atoms with Crippen LogP contribution < -0.4 is 10.9 Å². The lowest BCUT2D eigenvalue weighted by Crippen LogP contribution is -2.49. The first-order valence-electron chi connectivity index (χ1n) is 12.8. The summed E-state index contributed by atoms with van der Waals surface area (Å²) < 4.78 is 18.6. The second kappa shape index (κ2) is 8.32. The monoisotopic (exact) mass is 482 g/mol. The Morgan fingerprint density at radius 2 is 1.22 bits per heavy atom. The van der Waals surface area contributed by atoms with E-state index in [4.69, 9.17) is 14.0 Å². The average Bonchev–Trinajstić information content (AvgIpc) is 3.02. The predicted octanol–water partition coefficient (Wildman–Crippen LogP) is 4.99. The van der Waals surface area contributed by atoms with E-state index >= 15 is 0 Å². The summed E-state index contributed by atoms with van der Waals surface area (Å²) in [5.41, 5.74) is -0.162. The van der Waals surface area contributed by atoms with Gasteiger partial charge in [0.25, 0.3) is 0 Å². The molecule has 36 heavy (non-hydrogen) atoms. The highest BCUT2D eigenvalue weighted by Gasteiger charge is 2.51. The molecular formula is C30H36B2O4. The SMILES string of the molecule is CC(C)(O)C(C)(C)OBc1ccc2c(ccc3c4ccc(B5OC(C)(C)C(C)(C)O5)cc4ccc23)c1. The van der Waals surface area contributed by atoms with Crippen LogP contribution in [0, 0.1) is 0 Å². The maximum atomic E-state index is 10.4. The van der Waals surface area contributed by atoms with E-state index in [0.717, 1.165) is 10.9 Å². The number of fused-ring (bicyclic) bond motifs is 5. The Labute approximate surface area is 215 Å². The minimum absolute atomic E-state index is 0.358. The van der Waals surface area contributed by atoms with Crippen LogP contribution in [0.2, 0.25) is 0 Å². The van der Waals surface area contributed by atoms with Gasteiger partial charge in [0.1, 0.15) is 0 Å². The summed E-state index contributed by atoms with van der Waals surface area (Å²) in [6, 6.07) is 21.8. The highest BCUT2D eigenvalue weighted by Crippen LogP contribution is 2.37. The van der Waals surface area contributed by atoms with Gasteiger partial charge in [0.15, 0.2) is 0 Å². The smallest absolute Gasteiger partial charge is 0.427 e. The van der Waals surface area contributed by atoms with Crippen LogP contribution in [0.5, 0.6) is 0 Å². The number of aliphatic hydroxyl groups is 1. The predicted molar refractivity (Wildman–Crippen MR) is 153 cm³/mol. The van der Waals surface area contributed by atoms with E-state index in [0.29, 0.717) is 7.48 Å². The zero-order valence-corrected chi connectivity index (χ0v) is 22.7. The molecule has 1 saturated heterocycles. The molecule has 0 aliphatic carbocycles. The summed E-state index contributed by atoms with van der Waals surface area (Å²) >= 11 is 0. The summed E-state index contributed by atoms with van der Waals surface area (Å²) in [6.45, 7) is 15.7. The van der Waals surface area contributed by atoms with E-state index in [1.54, 1.807) is 13.8 Å². The molecule has 5 rings (SSSR count). The average molecular weight is 482 g/mol. The van der Waals surface area contributed by atoms with Crippen molar-refractivity contribution in [1.29, 1.82) is 0 Å². The van der Waals surface area contributed by atoms with Crippen LogP contribution >= 0.6 is 0 Å².